The van der Waals surface area contributed by atoms with Gasteiger partial charge in [-0.25, -0.2) is 0 Å². The summed E-state index contributed by atoms with van der Waals surface area (Å²) >= 11 is 0. The third-order valence-corrected chi connectivity index (χ3v) is 4.74. The summed E-state index contributed by atoms with van der Waals surface area (Å²) in [6, 6.07) is 7.89. The second-order valence-corrected chi connectivity index (χ2v) is 6.49. The van der Waals surface area contributed by atoms with Crippen LogP contribution in [0.4, 0.5) is 0 Å². The molecule has 0 spiro atoms. The van der Waals surface area contributed by atoms with Gasteiger partial charge < -0.3 is 15.1 Å². The molecule has 1 unspecified atom stereocenters. The normalized spacial score (nSPS) is 21.4. The lowest BCUT2D eigenvalue weighted by Crippen LogP contribution is -2.47. The summed E-state index contributed by atoms with van der Waals surface area (Å²) in [6.07, 6.45) is 2.10. The number of hydrogen-bond acceptors (Lipinski definition) is 3. The zero-order valence-corrected chi connectivity index (χ0v) is 15.0. The zero-order chi connectivity index (χ0) is 16.2. The molecule has 0 saturated carbocycles. The maximum atomic E-state index is 12.9. The standard InChI is InChI=1S/C18H25N3O2.ClH/c1-14-3-5-15(6-4-14)13-21-16(7-8-17(21)22)18(23)20-11-2-9-19-10-12-20;/h3-6,16,19H,2,7-13H2,1H3;1H. The molecular weight excluding hydrogens is 326 g/mol. The molecule has 2 fully saturated rings. The van der Waals surface area contributed by atoms with Crippen molar-refractivity contribution in [2.45, 2.75) is 38.8 Å². The fourth-order valence-corrected chi connectivity index (χ4v) is 3.36. The highest BCUT2D eigenvalue weighted by Crippen LogP contribution is 2.23. The molecule has 24 heavy (non-hydrogen) atoms. The van der Waals surface area contributed by atoms with Gasteiger partial charge >= 0.3 is 0 Å². The number of hydrogen-bond donors (Lipinski definition) is 1. The summed E-state index contributed by atoms with van der Waals surface area (Å²) in [6.45, 7) is 5.90. The Morgan fingerprint density at radius 1 is 1.21 bits per heavy atom. The number of nitrogens with zero attached hydrogens (tertiary/aromatic N) is 2. The highest BCUT2D eigenvalue weighted by molar-refractivity contribution is 5.91. The maximum Gasteiger partial charge on any atom is 0.245 e. The van der Waals surface area contributed by atoms with Crippen molar-refractivity contribution >= 4 is 24.2 Å². The molecule has 2 amide bonds. The minimum Gasteiger partial charge on any atom is -0.340 e. The first-order valence-electron chi connectivity index (χ1n) is 8.49. The summed E-state index contributed by atoms with van der Waals surface area (Å²) in [7, 11) is 0. The summed E-state index contributed by atoms with van der Waals surface area (Å²) in [5, 5.41) is 3.31. The van der Waals surface area contributed by atoms with Gasteiger partial charge in [0.2, 0.25) is 11.8 Å². The highest BCUT2D eigenvalue weighted by Gasteiger charge is 2.38. The first-order valence-corrected chi connectivity index (χ1v) is 8.49. The molecule has 2 aliphatic rings. The Labute approximate surface area is 149 Å². The summed E-state index contributed by atoms with van der Waals surface area (Å²) in [4.78, 5) is 28.8. The van der Waals surface area contributed by atoms with Crippen molar-refractivity contribution < 1.29 is 9.59 Å². The predicted molar refractivity (Wildman–Crippen MR) is 96.1 cm³/mol. The maximum absolute atomic E-state index is 12.9. The molecular formula is C18H26ClN3O2. The van der Waals surface area contributed by atoms with Crippen LogP contribution < -0.4 is 5.32 Å². The Bertz CT molecular complexity index is 568. The number of carbonyl (C=O) groups excluding carboxylic acids is 2. The molecule has 1 aromatic rings. The van der Waals surface area contributed by atoms with E-state index in [1.165, 1.54) is 5.56 Å². The van der Waals surface area contributed by atoms with E-state index in [0.29, 0.717) is 19.4 Å². The molecule has 0 radical (unpaired) electrons. The summed E-state index contributed by atoms with van der Waals surface area (Å²) < 4.78 is 0. The molecule has 0 bridgehead atoms. The van der Waals surface area contributed by atoms with E-state index in [-0.39, 0.29) is 30.3 Å². The van der Waals surface area contributed by atoms with E-state index in [9.17, 15) is 9.59 Å². The summed E-state index contributed by atoms with van der Waals surface area (Å²) in [5.41, 5.74) is 2.28. The SMILES string of the molecule is Cc1ccc(CN2C(=O)CCC2C(=O)N2CCCNCC2)cc1.Cl. The Balaban J connectivity index is 0.00000208. The van der Waals surface area contributed by atoms with Gasteiger partial charge in [0.1, 0.15) is 6.04 Å². The Hall–Kier alpha value is -1.59. The second kappa shape index (κ2) is 8.49. The minimum atomic E-state index is -0.290. The van der Waals surface area contributed by atoms with Gasteiger partial charge in [-0.1, -0.05) is 29.8 Å². The van der Waals surface area contributed by atoms with Crippen LogP contribution in [0.1, 0.15) is 30.4 Å². The topological polar surface area (TPSA) is 52.7 Å². The van der Waals surface area contributed by atoms with Gasteiger partial charge in [0.05, 0.1) is 0 Å². The Morgan fingerprint density at radius 2 is 1.96 bits per heavy atom. The van der Waals surface area contributed by atoms with Crippen LogP contribution in [0.15, 0.2) is 24.3 Å². The molecule has 2 heterocycles. The molecule has 3 rings (SSSR count). The molecule has 1 atom stereocenters. The van der Waals surface area contributed by atoms with Crippen LogP contribution in [0.3, 0.4) is 0 Å². The third-order valence-electron chi connectivity index (χ3n) is 4.74. The number of rotatable bonds is 3. The minimum absolute atomic E-state index is 0. The van der Waals surface area contributed by atoms with E-state index in [0.717, 1.165) is 38.2 Å². The highest BCUT2D eigenvalue weighted by atomic mass is 35.5. The van der Waals surface area contributed by atoms with Crippen LogP contribution in [-0.4, -0.2) is 53.8 Å². The average molecular weight is 352 g/mol. The average Bonchev–Trinajstić information content (AvgIpc) is 2.77. The number of aryl methyl sites for hydroxylation is 1. The van der Waals surface area contributed by atoms with Gasteiger partial charge in [-0.2, -0.15) is 0 Å². The lowest BCUT2D eigenvalue weighted by atomic mass is 10.1. The largest absolute Gasteiger partial charge is 0.340 e. The lowest BCUT2D eigenvalue weighted by molar-refractivity contribution is -0.141. The van der Waals surface area contributed by atoms with E-state index in [4.69, 9.17) is 0 Å². The lowest BCUT2D eigenvalue weighted by Gasteiger charge is -2.29. The first-order chi connectivity index (χ1) is 11.1. The van der Waals surface area contributed by atoms with E-state index >= 15 is 0 Å². The van der Waals surface area contributed by atoms with Crippen LogP contribution in [0.2, 0.25) is 0 Å². The van der Waals surface area contributed by atoms with E-state index in [1.807, 2.05) is 36.1 Å². The number of halogens is 1. The molecule has 5 nitrogen and oxygen atoms in total. The Kier molecular flexibility index (Phi) is 6.63. The van der Waals surface area contributed by atoms with Gasteiger partial charge in [-0.15, -0.1) is 12.4 Å². The third kappa shape index (κ3) is 4.28. The number of carbonyl (C=O) groups is 2. The van der Waals surface area contributed by atoms with Crippen LogP contribution in [0, 0.1) is 6.92 Å². The smallest absolute Gasteiger partial charge is 0.245 e. The first kappa shape index (κ1) is 18.7. The molecule has 2 saturated heterocycles. The molecule has 0 aromatic heterocycles. The van der Waals surface area contributed by atoms with Gasteiger partial charge in [-0.3, -0.25) is 9.59 Å². The van der Waals surface area contributed by atoms with Gasteiger partial charge in [0.25, 0.3) is 0 Å². The molecule has 6 heteroatoms. The number of likely N-dealkylation sites (tertiary alicyclic amines) is 1. The summed E-state index contributed by atoms with van der Waals surface area (Å²) in [5.74, 6) is 0.212. The molecule has 0 aliphatic carbocycles. The molecule has 1 aromatic carbocycles. The number of nitrogens with one attached hydrogen (secondary N) is 1. The number of amides is 2. The fraction of sp³-hybridized carbons (Fsp3) is 0.556. The van der Waals surface area contributed by atoms with Crippen LogP contribution in [0.25, 0.3) is 0 Å². The van der Waals surface area contributed by atoms with Crippen LogP contribution in [0.5, 0.6) is 0 Å². The van der Waals surface area contributed by atoms with E-state index in [1.54, 1.807) is 4.90 Å². The zero-order valence-electron chi connectivity index (χ0n) is 14.2. The van der Waals surface area contributed by atoms with Crippen LogP contribution in [-0.2, 0) is 16.1 Å². The van der Waals surface area contributed by atoms with Gasteiger partial charge in [-0.05, 0) is 31.9 Å². The molecule has 2 aliphatic heterocycles. The van der Waals surface area contributed by atoms with Crippen molar-refractivity contribution in [1.82, 2.24) is 15.1 Å². The van der Waals surface area contributed by atoms with Gasteiger partial charge in [0.15, 0.2) is 0 Å². The predicted octanol–water partition coefficient (Wildman–Crippen LogP) is 1.73. The van der Waals surface area contributed by atoms with Crippen molar-refractivity contribution in [3.63, 3.8) is 0 Å². The number of benzene rings is 1. The van der Waals surface area contributed by atoms with E-state index < -0.39 is 0 Å². The second-order valence-electron chi connectivity index (χ2n) is 6.49. The van der Waals surface area contributed by atoms with Gasteiger partial charge in [0, 0.05) is 32.6 Å². The van der Waals surface area contributed by atoms with E-state index in [2.05, 4.69) is 5.32 Å². The quantitative estimate of drug-likeness (QED) is 0.902. The molecule has 1 N–H and O–H groups in total. The van der Waals surface area contributed by atoms with Crippen molar-refractivity contribution in [3.05, 3.63) is 35.4 Å². The van der Waals surface area contributed by atoms with Crippen molar-refractivity contribution in [2.75, 3.05) is 26.2 Å². The van der Waals surface area contributed by atoms with Crippen LogP contribution >= 0.6 is 12.4 Å². The van der Waals surface area contributed by atoms with Crippen molar-refractivity contribution in [2.24, 2.45) is 0 Å². The monoisotopic (exact) mass is 351 g/mol. The van der Waals surface area contributed by atoms with Crippen molar-refractivity contribution in [1.29, 1.82) is 0 Å². The fourth-order valence-electron chi connectivity index (χ4n) is 3.36. The molecule has 132 valence electrons. The Morgan fingerprint density at radius 3 is 2.71 bits per heavy atom. The van der Waals surface area contributed by atoms with Crippen molar-refractivity contribution in [3.8, 4) is 0 Å².